The molecule has 174 valence electrons. The third-order valence-electron chi connectivity index (χ3n) is 5.72. The fraction of sp³-hybridized carbons (Fsp3) is 0.0714. The van der Waals surface area contributed by atoms with E-state index in [1.54, 1.807) is 36.4 Å². The zero-order valence-corrected chi connectivity index (χ0v) is 19.6. The van der Waals surface area contributed by atoms with Gasteiger partial charge in [0, 0.05) is 0 Å². The van der Waals surface area contributed by atoms with Crippen LogP contribution >= 0.6 is 11.6 Å². The molecule has 5 rings (SSSR count). The average Bonchev–Trinajstić information content (AvgIpc) is 3.16. The molecule has 1 aliphatic heterocycles. The largest absolute Gasteiger partial charge is 0.493 e. The molecule has 35 heavy (non-hydrogen) atoms. The van der Waals surface area contributed by atoms with Crippen molar-refractivity contribution in [3.05, 3.63) is 107 Å². The Bertz CT molecular complexity index is 1460. The van der Waals surface area contributed by atoms with Crippen molar-refractivity contribution in [1.82, 2.24) is 5.43 Å². The molecule has 6 nitrogen and oxygen atoms in total. The highest BCUT2D eigenvalue weighted by Gasteiger charge is 2.34. The molecule has 1 N–H and O–H groups in total. The van der Waals surface area contributed by atoms with Crippen LogP contribution in [0.5, 0.6) is 11.5 Å². The van der Waals surface area contributed by atoms with Gasteiger partial charge in [0.1, 0.15) is 12.2 Å². The minimum Gasteiger partial charge on any atom is -0.493 e. The van der Waals surface area contributed by atoms with Gasteiger partial charge in [-0.05, 0) is 52.2 Å². The minimum atomic E-state index is -0.495. The van der Waals surface area contributed by atoms with Crippen LogP contribution in [0.3, 0.4) is 0 Å². The standard InChI is InChI=1S/C28H21ClN2O4/c1-34-25-16-18(14-23-27(32)30-31(28(23)33)21-11-3-2-4-12-21)15-24(29)26(25)35-17-20-10-7-9-19-8-5-6-13-22(19)20/h2-16H,17H2,1H3,(H,30,32)/b23-14+. The van der Waals surface area contributed by atoms with E-state index in [2.05, 4.69) is 5.43 Å². The van der Waals surface area contributed by atoms with Crippen LogP contribution in [-0.2, 0) is 16.2 Å². The summed E-state index contributed by atoms with van der Waals surface area (Å²) in [4.78, 5) is 25.4. The molecular weight excluding hydrogens is 464 g/mol. The zero-order valence-electron chi connectivity index (χ0n) is 18.8. The van der Waals surface area contributed by atoms with Gasteiger partial charge in [-0.3, -0.25) is 15.0 Å². The second kappa shape index (κ2) is 9.52. The van der Waals surface area contributed by atoms with Gasteiger partial charge < -0.3 is 9.47 Å². The first-order valence-electron chi connectivity index (χ1n) is 10.9. The summed E-state index contributed by atoms with van der Waals surface area (Å²) >= 11 is 6.55. The van der Waals surface area contributed by atoms with Crippen molar-refractivity contribution in [2.24, 2.45) is 0 Å². The van der Waals surface area contributed by atoms with E-state index < -0.39 is 11.8 Å². The number of hydrazine groups is 1. The second-order valence-electron chi connectivity index (χ2n) is 7.94. The molecule has 7 heteroatoms. The molecule has 4 aromatic rings. The minimum absolute atomic E-state index is 0.00334. The number of fused-ring (bicyclic) bond motifs is 1. The van der Waals surface area contributed by atoms with E-state index in [4.69, 9.17) is 21.1 Å². The van der Waals surface area contributed by atoms with E-state index in [1.807, 2.05) is 48.5 Å². The Morgan fingerprint density at radius 1 is 0.943 bits per heavy atom. The molecule has 1 aliphatic rings. The van der Waals surface area contributed by atoms with Crippen molar-refractivity contribution >= 4 is 46.0 Å². The number of hydrogen-bond donors (Lipinski definition) is 1. The number of methoxy groups -OCH3 is 1. The SMILES string of the molecule is COc1cc(/C=C2\C(=O)NN(c3ccccc3)C2=O)cc(Cl)c1OCc1cccc2ccccc12. The maximum Gasteiger partial charge on any atom is 0.282 e. The predicted octanol–water partition coefficient (Wildman–Crippen LogP) is 5.54. The van der Waals surface area contributed by atoms with E-state index in [0.717, 1.165) is 16.3 Å². The van der Waals surface area contributed by atoms with Gasteiger partial charge >= 0.3 is 0 Å². The Morgan fingerprint density at radius 3 is 2.49 bits per heavy atom. The van der Waals surface area contributed by atoms with Gasteiger partial charge in [-0.15, -0.1) is 0 Å². The fourth-order valence-corrected chi connectivity index (χ4v) is 4.29. The first kappa shape index (κ1) is 22.5. The Kier molecular flexibility index (Phi) is 6.12. The number of hydrogen-bond acceptors (Lipinski definition) is 4. The van der Waals surface area contributed by atoms with Gasteiger partial charge in [0.25, 0.3) is 11.8 Å². The summed E-state index contributed by atoms with van der Waals surface area (Å²) < 4.78 is 11.6. The highest BCUT2D eigenvalue weighted by atomic mass is 35.5. The molecule has 0 radical (unpaired) electrons. The van der Waals surface area contributed by atoms with Gasteiger partial charge in [0.15, 0.2) is 11.5 Å². The highest BCUT2D eigenvalue weighted by molar-refractivity contribution is 6.33. The number of amides is 2. The molecular formula is C28H21ClN2O4. The lowest BCUT2D eigenvalue weighted by molar-refractivity contribution is -0.117. The van der Waals surface area contributed by atoms with Crippen LogP contribution in [0, 0.1) is 0 Å². The molecule has 2 amide bonds. The highest BCUT2D eigenvalue weighted by Crippen LogP contribution is 2.38. The Morgan fingerprint density at radius 2 is 1.69 bits per heavy atom. The van der Waals surface area contributed by atoms with Crippen LogP contribution in [0.25, 0.3) is 16.8 Å². The summed E-state index contributed by atoms with van der Waals surface area (Å²) in [6.45, 7) is 0.296. The smallest absolute Gasteiger partial charge is 0.282 e. The number of anilines is 1. The van der Waals surface area contributed by atoms with Crippen LogP contribution in [0.4, 0.5) is 5.69 Å². The van der Waals surface area contributed by atoms with E-state index >= 15 is 0 Å². The lowest BCUT2D eigenvalue weighted by atomic mass is 10.1. The van der Waals surface area contributed by atoms with Crippen molar-refractivity contribution in [3.63, 3.8) is 0 Å². The normalized spacial score (nSPS) is 14.5. The summed E-state index contributed by atoms with van der Waals surface area (Å²) in [7, 11) is 1.51. The molecule has 0 unspecified atom stereocenters. The summed E-state index contributed by atoms with van der Waals surface area (Å²) in [5.41, 5.74) is 4.71. The molecule has 1 fully saturated rings. The summed E-state index contributed by atoms with van der Waals surface area (Å²) in [6.07, 6.45) is 1.49. The molecule has 0 spiro atoms. The lowest BCUT2D eigenvalue weighted by Gasteiger charge is -2.15. The number of halogens is 1. The van der Waals surface area contributed by atoms with Crippen LogP contribution in [-0.4, -0.2) is 18.9 Å². The Labute approximate surface area is 207 Å². The number of carbonyl (C=O) groups excluding carboxylic acids is 2. The van der Waals surface area contributed by atoms with Gasteiger partial charge in [0.2, 0.25) is 0 Å². The zero-order chi connectivity index (χ0) is 24.4. The van der Waals surface area contributed by atoms with E-state index in [1.165, 1.54) is 18.2 Å². The van der Waals surface area contributed by atoms with Crippen molar-refractivity contribution in [2.45, 2.75) is 6.61 Å². The molecule has 0 bridgehead atoms. The third kappa shape index (κ3) is 4.44. The summed E-state index contributed by atoms with van der Waals surface area (Å²) in [6, 6.07) is 26.3. The number of benzene rings is 4. The Balaban J connectivity index is 1.41. The number of nitrogens with zero attached hydrogens (tertiary/aromatic N) is 1. The molecule has 0 aliphatic carbocycles. The van der Waals surface area contributed by atoms with E-state index in [0.29, 0.717) is 34.4 Å². The third-order valence-corrected chi connectivity index (χ3v) is 6.00. The lowest BCUT2D eigenvalue weighted by Crippen LogP contribution is -2.35. The second-order valence-corrected chi connectivity index (χ2v) is 8.34. The molecule has 0 aromatic heterocycles. The van der Waals surface area contributed by atoms with Gasteiger partial charge in [0.05, 0.1) is 17.8 Å². The first-order valence-corrected chi connectivity index (χ1v) is 11.3. The van der Waals surface area contributed by atoms with Gasteiger partial charge in [-0.2, -0.15) is 0 Å². The van der Waals surface area contributed by atoms with Crippen molar-refractivity contribution in [3.8, 4) is 11.5 Å². The monoisotopic (exact) mass is 484 g/mol. The van der Waals surface area contributed by atoms with E-state index in [9.17, 15) is 9.59 Å². The molecule has 1 saturated heterocycles. The van der Waals surface area contributed by atoms with Crippen molar-refractivity contribution < 1.29 is 19.1 Å². The van der Waals surface area contributed by atoms with Gasteiger partial charge in [-0.1, -0.05) is 72.3 Å². The predicted molar refractivity (Wildman–Crippen MR) is 136 cm³/mol. The molecule has 0 saturated carbocycles. The van der Waals surface area contributed by atoms with Crippen LogP contribution < -0.4 is 19.9 Å². The number of nitrogens with one attached hydrogen (secondary N) is 1. The Hall–Kier alpha value is -4.29. The first-order chi connectivity index (χ1) is 17.0. The maximum atomic E-state index is 12.9. The van der Waals surface area contributed by atoms with Crippen LogP contribution in [0.2, 0.25) is 5.02 Å². The molecule has 0 atom stereocenters. The number of ether oxygens (including phenoxy) is 2. The number of para-hydroxylation sites is 1. The average molecular weight is 485 g/mol. The molecule has 4 aromatic carbocycles. The van der Waals surface area contributed by atoms with Crippen LogP contribution in [0.15, 0.2) is 90.5 Å². The summed E-state index contributed by atoms with van der Waals surface area (Å²) in [5.74, 6) is -0.162. The van der Waals surface area contributed by atoms with Crippen LogP contribution in [0.1, 0.15) is 11.1 Å². The summed E-state index contributed by atoms with van der Waals surface area (Å²) in [5, 5.41) is 3.74. The fourth-order valence-electron chi connectivity index (χ4n) is 4.01. The molecule has 1 heterocycles. The quantitative estimate of drug-likeness (QED) is 0.288. The van der Waals surface area contributed by atoms with Gasteiger partial charge in [-0.25, -0.2) is 5.01 Å². The van der Waals surface area contributed by atoms with E-state index in [-0.39, 0.29) is 5.57 Å². The number of carbonyl (C=O) groups is 2. The van der Waals surface area contributed by atoms with Crippen molar-refractivity contribution in [2.75, 3.05) is 12.1 Å². The topological polar surface area (TPSA) is 67.9 Å². The maximum absolute atomic E-state index is 12.9. The van der Waals surface area contributed by atoms with Crippen molar-refractivity contribution in [1.29, 1.82) is 0 Å². The number of rotatable bonds is 6.